The molecule has 2 aromatic carbocycles. The maximum absolute atomic E-state index is 12.1. The van der Waals surface area contributed by atoms with Gasteiger partial charge in [0.15, 0.2) is 6.10 Å². The minimum Gasteiger partial charge on any atom is -0.463 e. The van der Waals surface area contributed by atoms with Gasteiger partial charge in [0, 0.05) is 0 Å². The average molecular weight is 334 g/mol. The highest BCUT2D eigenvalue weighted by Gasteiger charge is 2.17. The fraction of sp³-hybridized carbons (Fsp3) is 0.158. The Hall–Kier alpha value is -3.28. The first kappa shape index (κ1) is 16.6. The van der Waals surface area contributed by atoms with E-state index in [0.29, 0.717) is 11.6 Å². The summed E-state index contributed by atoms with van der Waals surface area (Å²) >= 11 is 0. The predicted octanol–water partition coefficient (Wildman–Crippen LogP) is 2.86. The third-order valence-corrected chi connectivity index (χ3v) is 3.55. The summed E-state index contributed by atoms with van der Waals surface area (Å²) < 4.78 is 5.66. The quantitative estimate of drug-likeness (QED) is 0.575. The second kappa shape index (κ2) is 7.53. The molecule has 0 aliphatic carbocycles. The lowest BCUT2D eigenvalue weighted by molar-refractivity contribution is -0.127. The zero-order valence-electron chi connectivity index (χ0n) is 14.0. The topological polar surface area (TPSA) is 76.5 Å². The summed E-state index contributed by atoms with van der Waals surface area (Å²) in [6.45, 7) is 3.44. The number of fused-ring (bicyclic) bond motifs is 1. The molecule has 0 bridgehead atoms. The summed E-state index contributed by atoms with van der Waals surface area (Å²) in [6.07, 6.45) is 0.827. The van der Waals surface area contributed by atoms with E-state index in [0.717, 1.165) is 16.6 Å². The Morgan fingerprint density at radius 2 is 1.72 bits per heavy atom. The van der Waals surface area contributed by atoms with E-state index >= 15 is 0 Å². The highest BCUT2D eigenvalue weighted by Crippen LogP contribution is 2.18. The van der Waals surface area contributed by atoms with Gasteiger partial charge in [-0.2, -0.15) is 5.10 Å². The van der Waals surface area contributed by atoms with Crippen molar-refractivity contribution in [1.29, 1.82) is 0 Å². The third kappa shape index (κ3) is 4.17. The number of hydrazone groups is 1. The molecule has 126 valence electrons. The number of carbonyl (C=O) groups excluding carboxylic acids is 1. The second-order valence-electron chi connectivity index (χ2n) is 5.51. The lowest BCUT2D eigenvalue weighted by Gasteiger charge is -2.14. The molecule has 6 nitrogen and oxygen atoms in total. The van der Waals surface area contributed by atoms with Crippen molar-refractivity contribution in [3.8, 4) is 5.88 Å². The van der Waals surface area contributed by atoms with Crippen LogP contribution < -0.4 is 10.2 Å². The molecule has 1 atom stereocenters. The van der Waals surface area contributed by atoms with Crippen molar-refractivity contribution in [2.45, 2.75) is 20.0 Å². The van der Waals surface area contributed by atoms with Crippen LogP contribution in [0.1, 0.15) is 18.2 Å². The first-order chi connectivity index (χ1) is 12.1. The molecular weight excluding hydrogens is 316 g/mol. The number of hydrogen-bond donors (Lipinski definition) is 1. The van der Waals surface area contributed by atoms with Gasteiger partial charge in [-0.3, -0.25) is 4.79 Å². The molecule has 0 aliphatic rings. The van der Waals surface area contributed by atoms with Crippen LogP contribution >= 0.6 is 0 Å². The normalized spacial score (nSPS) is 12.2. The molecule has 1 amide bonds. The van der Waals surface area contributed by atoms with Gasteiger partial charge in [0.25, 0.3) is 5.91 Å². The fourth-order valence-electron chi connectivity index (χ4n) is 2.21. The molecule has 1 unspecified atom stereocenters. The maximum atomic E-state index is 12.1. The van der Waals surface area contributed by atoms with E-state index in [2.05, 4.69) is 20.5 Å². The van der Waals surface area contributed by atoms with Crippen molar-refractivity contribution in [2.75, 3.05) is 0 Å². The molecule has 25 heavy (non-hydrogen) atoms. The molecule has 0 aliphatic heterocycles. The number of hydrogen-bond acceptors (Lipinski definition) is 5. The Kier molecular flexibility index (Phi) is 4.99. The predicted molar refractivity (Wildman–Crippen MR) is 96.5 cm³/mol. The number of nitrogens with one attached hydrogen (secondary N) is 1. The Balaban J connectivity index is 1.65. The Morgan fingerprint density at radius 3 is 2.44 bits per heavy atom. The standard InChI is InChI=1S/C19H18N4O2/c1-13-19(22-17-11-7-6-10-16(17)21-13)25-14(2)18(24)23-20-12-15-8-4-3-5-9-15/h3-12,14H,1-2H3,(H,23,24). The smallest absolute Gasteiger partial charge is 0.280 e. The highest BCUT2D eigenvalue weighted by atomic mass is 16.5. The number of benzene rings is 2. The van der Waals surface area contributed by atoms with Crippen LogP contribution in [-0.2, 0) is 4.79 Å². The van der Waals surface area contributed by atoms with Crippen molar-refractivity contribution in [3.63, 3.8) is 0 Å². The lowest BCUT2D eigenvalue weighted by Crippen LogP contribution is -2.33. The van der Waals surface area contributed by atoms with Gasteiger partial charge in [-0.1, -0.05) is 42.5 Å². The van der Waals surface area contributed by atoms with Crippen molar-refractivity contribution < 1.29 is 9.53 Å². The molecule has 0 radical (unpaired) electrons. The van der Waals surface area contributed by atoms with Crippen LogP contribution in [0.2, 0.25) is 0 Å². The van der Waals surface area contributed by atoms with Crippen LogP contribution in [0.25, 0.3) is 11.0 Å². The number of aromatic nitrogens is 2. The number of ether oxygens (including phenoxy) is 1. The van der Waals surface area contributed by atoms with Crippen molar-refractivity contribution in [2.24, 2.45) is 5.10 Å². The van der Waals surface area contributed by atoms with Gasteiger partial charge in [0.1, 0.15) is 5.69 Å². The molecule has 1 heterocycles. The van der Waals surface area contributed by atoms with Gasteiger partial charge in [-0.25, -0.2) is 15.4 Å². The number of aryl methyl sites for hydroxylation is 1. The van der Waals surface area contributed by atoms with E-state index < -0.39 is 6.10 Å². The Morgan fingerprint density at radius 1 is 1.08 bits per heavy atom. The monoisotopic (exact) mass is 334 g/mol. The van der Waals surface area contributed by atoms with Crippen molar-refractivity contribution >= 4 is 23.2 Å². The summed E-state index contributed by atoms with van der Waals surface area (Å²) in [6, 6.07) is 17.0. The average Bonchev–Trinajstić information content (AvgIpc) is 2.63. The number of carbonyl (C=O) groups is 1. The van der Waals surface area contributed by atoms with E-state index in [9.17, 15) is 4.79 Å². The van der Waals surface area contributed by atoms with Gasteiger partial charge in [0.2, 0.25) is 5.88 Å². The zero-order valence-corrected chi connectivity index (χ0v) is 14.0. The van der Waals surface area contributed by atoms with Crippen LogP contribution in [0.4, 0.5) is 0 Å². The van der Waals surface area contributed by atoms with Gasteiger partial charge in [-0.05, 0) is 31.5 Å². The van der Waals surface area contributed by atoms with Crippen LogP contribution in [0.15, 0.2) is 59.7 Å². The van der Waals surface area contributed by atoms with E-state index in [1.54, 1.807) is 20.1 Å². The van der Waals surface area contributed by atoms with E-state index in [1.165, 1.54) is 0 Å². The van der Waals surface area contributed by atoms with Crippen molar-refractivity contribution in [3.05, 3.63) is 65.9 Å². The summed E-state index contributed by atoms with van der Waals surface area (Å²) in [5.41, 5.74) is 5.50. The molecule has 0 saturated carbocycles. The second-order valence-corrected chi connectivity index (χ2v) is 5.51. The van der Waals surface area contributed by atoms with Gasteiger partial charge >= 0.3 is 0 Å². The third-order valence-electron chi connectivity index (χ3n) is 3.55. The van der Waals surface area contributed by atoms with Gasteiger partial charge in [0.05, 0.1) is 17.2 Å². The highest BCUT2D eigenvalue weighted by molar-refractivity contribution is 5.84. The molecule has 0 fully saturated rings. The molecule has 1 N–H and O–H groups in total. The minimum absolute atomic E-state index is 0.341. The minimum atomic E-state index is -0.748. The van der Waals surface area contributed by atoms with E-state index in [4.69, 9.17) is 4.74 Å². The molecular formula is C19H18N4O2. The molecule has 0 saturated heterocycles. The van der Waals surface area contributed by atoms with Gasteiger partial charge < -0.3 is 4.74 Å². The molecule has 6 heteroatoms. The van der Waals surface area contributed by atoms with Crippen LogP contribution in [-0.4, -0.2) is 28.2 Å². The number of amides is 1. The summed E-state index contributed by atoms with van der Waals surface area (Å²) in [5, 5.41) is 3.94. The van der Waals surface area contributed by atoms with Crippen molar-refractivity contribution in [1.82, 2.24) is 15.4 Å². The Labute approximate surface area is 145 Å². The van der Waals surface area contributed by atoms with E-state index in [-0.39, 0.29) is 5.91 Å². The van der Waals surface area contributed by atoms with Gasteiger partial charge in [-0.15, -0.1) is 0 Å². The van der Waals surface area contributed by atoms with Crippen LogP contribution in [0.3, 0.4) is 0 Å². The molecule has 0 spiro atoms. The molecule has 3 aromatic rings. The maximum Gasteiger partial charge on any atom is 0.280 e. The summed E-state index contributed by atoms with van der Waals surface area (Å²) in [7, 11) is 0. The zero-order chi connectivity index (χ0) is 17.6. The number of rotatable bonds is 5. The lowest BCUT2D eigenvalue weighted by atomic mass is 10.2. The summed E-state index contributed by atoms with van der Waals surface area (Å²) in [5.74, 6) is -0.0186. The first-order valence-corrected chi connectivity index (χ1v) is 7.91. The largest absolute Gasteiger partial charge is 0.463 e. The van der Waals surface area contributed by atoms with E-state index in [1.807, 2.05) is 54.6 Å². The number of nitrogens with zero attached hydrogens (tertiary/aromatic N) is 3. The first-order valence-electron chi connectivity index (χ1n) is 7.91. The Bertz CT molecular complexity index is 910. The SMILES string of the molecule is Cc1nc2ccccc2nc1OC(C)C(=O)NN=Cc1ccccc1. The molecule has 3 rings (SSSR count). The summed E-state index contributed by atoms with van der Waals surface area (Å²) in [4.78, 5) is 21.0. The molecule has 1 aromatic heterocycles. The van der Waals surface area contributed by atoms with Crippen LogP contribution in [0.5, 0.6) is 5.88 Å². The fourth-order valence-corrected chi connectivity index (χ4v) is 2.21. The van der Waals surface area contributed by atoms with Crippen LogP contribution in [0, 0.1) is 6.92 Å². The number of para-hydroxylation sites is 2.